The smallest absolute Gasteiger partial charge is 0.194 e. The van der Waals surface area contributed by atoms with Crippen molar-refractivity contribution in [1.82, 2.24) is 19.6 Å². The number of hydrogen-bond acceptors (Lipinski definition) is 12. The van der Waals surface area contributed by atoms with E-state index in [4.69, 9.17) is 18.9 Å². The van der Waals surface area contributed by atoms with Crippen LogP contribution in [0.15, 0.2) is 72.8 Å². The highest BCUT2D eigenvalue weighted by Crippen LogP contribution is 2.34. The van der Waals surface area contributed by atoms with E-state index in [1.54, 1.807) is 72.8 Å². The highest BCUT2D eigenvalue weighted by Gasteiger charge is 2.32. The Bertz CT molecular complexity index is 2110. The molecule has 4 aromatic rings. The van der Waals surface area contributed by atoms with Crippen LogP contribution in [-0.4, -0.2) is 153 Å². The lowest BCUT2D eigenvalue weighted by Crippen LogP contribution is -2.33. The summed E-state index contributed by atoms with van der Waals surface area (Å²) in [4.78, 5) is 62.4. The van der Waals surface area contributed by atoms with Crippen LogP contribution < -0.4 is 18.9 Å². The second-order valence-electron chi connectivity index (χ2n) is 19.1. The van der Waals surface area contributed by atoms with Gasteiger partial charge in [-0.15, -0.1) is 49.6 Å². The average molecular weight is 1090 g/mol. The lowest BCUT2D eigenvalue weighted by atomic mass is 9.84. The summed E-state index contributed by atoms with van der Waals surface area (Å²) >= 11 is 0. The topological polar surface area (TPSA) is 150 Å². The molecule has 13 nitrogen and oxygen atoms in total. The summed E-state index contributed by atoms with van der Waals surface area (Å²) in [5.74, 6) is 2.00. The highest BCUT2D eigenvalue weighted by molar-refractivity contribution is 6.29. The normalized spacial score (nSPS) is 17.6. The van der Waals surface area contributed by atoms with Gasteiger partial charge in [-0.25, -0.2) is 0 Å². The van der Waals surface area contributed by atoms with E-state index < -0.39 is 0 Å². The fourth-order valence-corrected chi connectivity index (χ4v) is 10.5. The van der Waals surface area contributed by atoms with Crippen molar-refractivity contribution in [3.05, 3.63) is 117 Å². The predicted molar refractivity (Wildman–Crippen MR) is 295 cm³/mol. The van der Waals surface area contributed by atoms with Gasteiger partial charge in [-0.2, -0.15) is 0 Å². The Morgan fingerprint density at radius 2 is 0.479 bits per heavy atom. The molecule has 0 aromatic heterocycles. The minimum absolute atomic E-state index is 0. The Kier molecular flexibility index (Phi) is 25.4. The average Bonchev–Trinajstić information content (AvgIpc) is 3.38. The van der Waals surface area contributed by atoms with Crippen molar-refractivity contribution in [1.29, 1.82) is 0 Å². The molecule has 4 heterocycles. The van der Waals surface area contributed by atoms with Crippen molar-refractivity contribution in [2.24, 2.45) is 0 Å². The number of piperidine rings is 4. The third-order valence-electron chi connectivity index (χ3n) is 14.4. The zero-order valence-electron chi connectivity index (χ0n) is 41.9. The van der Waals surface area contributed by atoms with E-state index >= 15 is 0 Å². The van der Waals surface area contributed by atoms with Crippen LogP contribution in [0, 0.1) is 0 Å². The van der Waals surface area contributed by atoms with Crippen LogP contribution in [0.1, 0.15) is 141 Å². The Labute approximate surface area is 455 Å². The second kappa shape index (κ2) is 30.3. The van der Waals surface area contributed by atoms with Gasteiger partial charge in [0, 0.05) is 70.7 Å². The molecular weight excluding hydrogens is 1010 g/mol. The number of rotatable bonds is 16. The van der Waals surface area contributed by atoms with Crippen molar-refractivity contribution >= 4 is 72.8 Å². The third-order valence-corrected chi connectivity index (χ3v) is 14.4. The molecule has 10 rings (SSSR count). The molecule has 0 bridgehead atoms. The van der Waals surface area contributed by atoms with Crippen molar-refractivity contribution in [3.8, 4) is 23.0 Å². The number of ketones is 4. The summed E-state index contributed by atoms with van der Waals surface area (Å²) in [6.45, 7) is 14.8. The van der Waals surface area contributed by atoms with Gasteiger partial charge in [0.05, 0.1) is 0 Å². The largest absolute Gasteiger partial charge is 0.492 e. The molecule has 4 aromatic carbocycles. The lowest BCUT2D eigenvalue weighted by molar-refractivity contribution is 0.0978. The minimum atomic E-state index is -0.146. The summed E-state index contributed by atoms with van der Waals surface area (Å²) in [6, 6.07) is 20.9. The van der Waals surface area contributed by atoms with Crippen LogP contribution in [-0.2, 0) is 0 Å². The summed E-state index contributed by atoms with van der Waals surface area (Å²) < 4.78 is 23.8. The third kappa shape index (κ3) is 15.9. The van der Waals surface area contributed by atoms with E-state index in [1.165, 1.54) is 77.0 Å². The van der Waals surface area contributed by atoms with Gasteiger partial charge in [0.2, 0.25) is 0 Å². The minimum Gasteiger partial charge on any atom is -0.492 e. The lowest BCUT2D eigenvalue weighted by Gasteiger charge is -2.26. The van der Waals surface area contributed by atoms with Gasteiger partial charge >= 0.3 is 0 Å². The number of nitrogens with zero attached hydrogens (tertiary/aromatic N) is 4. The van der Waals surface area contributed by atoms with Crippen LogP contribution in [0.2, 0.25) is 0 Å². The zero-order valence-corrected chi connectivity index (χ0v) is 45.2. The van der Waals surface area contributed by atoms with E-state index in [0.717, 1.165) is 78.5 Å². The molecule has 0 radical (unpaired) electrons. The van der Waals surface area contributed by atoms with Gasteiger partial charge in [0.15, 0.2) is 23.1 Å². The fraction of sp³-hybridized carbons (Fsp3) is 0.500. The highest BCUT2D eigenvalue weighted by atomic mass is 35.5. The van der Waals surface area contributed by atoms with Gasteiger partial charge in [-0.1, -0.05) is 25.7 Å². The molecule has 0 unspecified atom stereocenters. The first kappa shape index (κ1) is 61.3. The molecule has 4 aliphatic heterocycles. The number of fused-ring (bicyclic) bond motifs is 4. The van der Waals surface area contributed by atoms with E-state index in [-0.39, 0.29) is 78.2 Å². The van der Waals surface area contributed by atoms with Crippen LogP contribution in [0.3, 0.4) is 0 Å². The van der Waals surface area contributed by atoms with Gasteiger partial charge < -0.3 is 24.4 Å². The number of ether oxygens (including phenoxy) is 4. The van der Waals surface area contributed by atoms with Crippen molar-refractivity contribution in [3.63, 3.8) is 0 Å². The molecule has 0 spiro atoms. The Morgan fingerprint density at radius 1 is 0.288 bits per heavy atom. The molecule has 4 fully saturated rings. The van der Waals surface area contributed by atoms with Gasteiger partial charge in [0.25, 0.3) is 0 Å². The second-order valence-corrected chi connectivity index (χ2v) is 19.1. The number of carbonyl (C=O) groups is 4. The molecular formula is C56H74Cl4N4O9. The SMILES string of the molecule is Cl.Cl.Cl.Cl.O.O=C1c2ccc(OCCN3CCCCC3)cc2C(=O)c2cc(OCCN3CCCCC3)ccc21.O=C1c2ccc(OCCN3CCCCC3)cc2C(=O)c2cc(OCCN3CCCCC3)ccc21. The molecule has 0 saturated carbocycles. The molecule has 17 heteroatoms. The quantitative estimate of drug-likeness (QED) is 0.0910. The first-order valence-electron chi connectivity index (χ1n) is 25.5. The summed E-state index contributed by atoms with van der Waals surface area (Å²) in [6.07, 6.45) is 15.2. The summed E-state index contributed by atoms with van der Waals surface area (Å²) in [7, 11) is 0. The van der Waals surface area contributed by atoms with Crippen LogP contribution in [0.25, 0.3) is 0 Å². The van der Waals surface area contributed by atoms with Gasteiger partial charge in [-0.05, 0) is 177 Å². The van der Waals surface area contributed by atoms with E-state index in [0.29, 0.717) is 93.9 Å². The molecule has 2 N–H and O–H groups in total. The van der Waals surface area contributed by atoms with Crippen molar-refractivity contribution in [2.75, 3.05) is 105 Å². The number of hydrogen-bond donors (Lipinski definition) is 0. The predicted octanol–water partition coefficient (Wildman–Crippen LogP) is 9.25. The molecule has 6 aliphatic rings. The monoisotopic (exact) mass is 1090 g/mol. The zero-order chi connectivity index (χ0) is 46.7. The standard InChI is InChI=1S/2C28H34N2O4.4ClH.H2O/c2*31-27-23-9-7-21(33-17-15-29-11-3-1-4-12-29)19-25(23)28(32)26-20-22(8-10-24(26)27)34-18-16-30-13-5-2-6-14-30;;;;;/h2*7-10,19-20H,1-6,11-18H2;4*1H;1H2. The summed E-state index contributed by atoms with van der Waals surface area (Å²) in [5.41, 5.74) is 3.44. The van der Waals surface area contributed by atoms with E-state index in [2.05, 4.69) is 19.6 Å². The van der Waals surface area contributed by atoms with Crippen LogP contribution in [0.4, 0.5) is 0 Å². The van der Waals surface area contributed by atoms with Crippen molar-refractivity contribution < 1.29 is 43.6 Å². The number of carbonyl (C=O) groups excluding carboxylic acids is 4. The van der Waals surface area contributed by atoms with E-state index in [9.17, 15) is 19.2 Å². The molecule has 0 atom stereocenters. The molecule has 400 valence electrons. The van der Waals surface area contributed by atoms with Crippen molar-refractivity contribution in [2.45, 2.75) is 77.0 Å². The van der Waals surface area contributed by atoms with Gasteiger partial charge in [-0.3, -0.25) is 38.8 Å². The molecule has 73 heavy (non-hydrogen) atoms. The van der Waals surface area contributed by atoms with E-state index in [1.807, 2.05) is 0 Å². The maximum atomic E-state index is 13.3. The Hall–Kier alpha value is -4.28. The number of likely N-dealkylation sites (tertiary alicyclic amines) is 4. The number of benzene rings is 4. The first-order valence-corrected chi connectivity index (χ1v) is 25.5. The van der Waals surface area contributed by atoms with Gasteiger partial charge in [0.1, 0.15) is 49.4 Å². The Balaban J connectivity index is 0.000000296. The van der Waals surface area contributed by atoms with Crippen LogP contribution >= 0.6 is 49.6 Å². The molecule has 2 aliphatic carbocycles. The molecule has 4 saturated heterocycles. The Morgan fingerprint density at radius 3 is 0.685 bits per heavy atom. The summed E-state index contributed by atoms with van der Waals surface area (Å²) in [5, 5.41) is 0. The molecule has 0 amide bonds. The first-order chi connectivity index (χ1) is 33.4. The van der Waals surface area contributed by atoms with Crippen LogP contribution in [0.5, 0.6) is 23.0 Å². The number of halogens is 4. The maximum Gasteiger partial charge on any atom is 0.194 e. The maximum absolute atomic E-state index is 13.3. The fourth-order valence-electron chi connectivity index (χ4n) is 10.5.